The third kappa shape index (κ3) is 10.8. The van der Waals surface area contributed by atoms with Gasteiger partial charge in [0.05, 0.1) is 25.9 Å². The summed E-state index contributed by atoms with van der Waals surface area (Å²) in [7, 11) is -23.9. The van der Waals surface area contributed by atoms with E-state index in [-0.39, 0.29) is 90.5 Å². The number of phosphoric acid groups is 4. The number of hydrogen-bond donors (Lipinski definition) is 10. The SMILES string of the molecule is Nc1ncnc2c1ncn2C1OC(COP(=O)(O)OP(=O)(O)OP(=O)(O)OP(=O)(O)OCC2OC(n3cnc4c(N)ncnc43)C(O)C2O)C(O)C1O.[Li+].[Li+].[Li+]. The van der Waals surface area contributed by atoms with E-state index in [4.69, 9.17) is 20.9 Å². The molecule has 36 heteroatoms. The van der Waals surface area contributed by atoms with E-state index in [1.807, 2.05) is 0 Å². The van der Waals surface area contributed by atoms with Crippen LogP contribution in [0.25, 0.3) is 22.3 Å². The number of rotatable bonds is 14. The molecule has 12 N–H and O–H groups in total. The van der Waals surface area contributed by atoms with E-state index in [9.17, 15) is 58.3 Å². The molecule has 0 aliphatic carbocycles. The molecule has 4 aromatic rings. The maximum absolute atomic E-state index is 12.4. The number of nitrogens with zero attached hydrogens (tertiary/aromatic N) is 8. The van der Waals surface area contributed by atoms with Crippen molar-refractivity contribution in [1.29, 1.82) is 0 Å². The standard InChI is InChI=1S/C20H28N10O19P4.3Li/c21-15-9-17(25-3-23-15)29(5-27-9)19-13(33)11(31)7(45-19)1-43-50(35,36)47-52(39,40)49-53(41,42)48-51(37,38)44-2-8-12(32)14(34)20(46-8)30-6-28-10-16(22)24-4-26-18(10)30;;;/h3-8,11-14,19-20,31-34H,1-2H2,(H,35,36)(H,37,38)(H,39,40)(H,41,42)(H2,21,23,25)(H2,22,24,26);;;/q;3*+1. The molecule has 56 heavy (non-hydrogen) atoms. The van der Waals surface area contributed by atoms with Gasteiger partial charge >= 0.3 is 87.9 Å². The molecule has 2 aliphatic rings. The Labute approximate surface area is 348 Å². The number of nitrogens with two attached hydrogens (primary N) is 2. The molecule has 12 unspecified atom stereocenters. The second-order valence-corrected chi connectivity index (χ2v) is 17.2. The van der Waals surface area contributed by atoms with Crippen molar-refractivity contribution in [2.75, 3.05) is 24.7 Å². The number of aliphatic hydroxyl groups excluding tert-OH is 4. The van der Waals surface area contributed by atoms with Crippen molar-refractivity contribution in [3.8, 4) is 0 Å². The molecule has 12 atom stereocenters. The van der Waals surface area contributed by atoms with Gasteiger partial charge in [0.2, 0.25) is 0 Å². The molecule has 2 saturated heterocycles. The van der Waals surface area contributed by atoms with E-state index in [0.29, 0.717) is 0 Å². The van der Waals surface area contributed by atoms with Crippen molar-refractivity contribution >= 4 is 65.3 Å². The number of anilines is 2. The number of imidazole rings is 2. The fraction of sp³-hybridized carbons (Fsp3) is 0.500. The van der Waals surface area contributed by atoms with Gasteiger partial charge in [-0.25, -0.2) is 48.2 Å². The quantitative estimate of drug-likeness (QED) is 0.0416. The predicted octanol–water partition coefficient (Wildman–Crippen LogP) is -11.4. The molecule has 6 heterocycles. The van der Waals surface area contributed by atoms with Crippen LogP contribution in [0.4, 0.5) is 11.6 Å². The summed E-state index contributed by atoms with van der Waals surface area (Å²) < 4.78 is 83.4. The summed E-state index contributed by atoms with van der Waals surface area (Å²) in [6, 6.07) is 0. The van der Waals surface area contributed by atoms with Crippen molar-refractivity contribution in [1.82, 2.24) is 39.0 Å². The Hall–Kier alpha value is -1.19. The van der Waals surface area contributed by atoms with E-state index < -0.39 is 93.6 Å². The topological polar surface area (TPSA) is 434 Å². The van der Waals surface area contributed by atoms with Gasteiger partial charge in [0.15, 0.2) is 35.4 Å². The number of fused-ring (bicyclic) bond motifs is 2. The first-order valence-corrected chi connectivity index (χ1v) is 20.3. The Morgan fingerprint density at radius 3 is 1.27 bits per heavy atom. The van der Waals surface area contributed by atoms with Crippen molar-refractivity contribution in [2.24, 2.45) is 0 Å². The molecule has 29 nitrogen and oxygen atoms in total. The van der Waals surface area contributed by atoms with Gasteiger partial charge in [-0.2, -0.15) is 12.9 Å². The zero-order valence-electron chi connectivity index (χ0n) is 28.9. The molecule has 2 fully saturated rings. The van der Waals surface area contributed by atoms with Crippen LogP contribution in [0.5, 0.6) is 0 Å². The second kappa shape index (κ2) is 18.6. The average Bonchev–Trinajstić information content (AvgIpc) is 3.80. The molecule has 292 valence electrons. The van der Waals surface area contributed by atoms with Crippen LogP contribution >= 0.6 is 31.3 Å². The molecule has 0 bridgehead atoms. The number of phosphoric ester groups is 2. The van der Waals surface area contributed by atoms with Gasteiger partial charge in [-0.1, -0.05) is 0 Å². The minimum atomic E-state index is -6.19. The first-order chi connectivity index (χ1) is 24.7. The molecule has 0 spiro atoms. The van der Waals surface area contributed by atoms with Gasteiger partial charge in [0.1, 0.15) is 60.3 Å². The number of nitrogen functional groups attached to an aromatic ring is 2. The summed E-state index contributed by atoms with van der Waals surface area (Å²) in [6.07, 6.45) is -8.58. The Morgan fingerprint density at radius 1 is 0.571 bits per heavy atom. The minimum Gasteiger partial charge on any atom is -0.387 e. The Kier molecular flexibility index (Phi) is 16.3. The van der Waals surface area contributed by atoms with Crippen molar-refractivity contribution in [2.45, 2.75) is 49.1 Å². The number of hydrogen-bond acceptors (Lipinski definition) is 23. The van der Waals surface area contributed by atoms with E-state index in [0.717, 1.165) is 34.4 Å². The Balaban J connectivity index is 0.00000280. The third-order valence-electron chi connectivity index (χ3n) is 7.42. The monoisotopic (exact) mass is 857 g/mol. The van der Waals surface area contributed by atoms with E-state index in [1.165, 1.54) is 0 Å². The van der Waals surface area contributed by atoms with Crippen LogP contribution in [0.2, 0.25) is 0 Å². The maximum atomic E-state index is 12.4. The summed E-state index contributed by atoms with van der Waals surface area (Å²) in [5.74, 6) is -0.0284. The summed E-state index contributed by atoms with van der Waals surface area (Å²) in [5.41, 5.74) is 11.9. The molecular formula is C20H28Li3N10O19P4+3. The van der Waals surface area contributed by atoms with Crippen molar-refractivity contribution in [3.05, 3.63) is 25.3 Å². The van der Waals surface area contributed by atoms with E-state index in [1.54, 1.807) is 0 Å². The van der Waals surface area contributed by atoms with Gasteiger partial charge in [0, 0.05) is 0 Å². The van der Waals surface area contributed by atoms with E-state index in [2.05, 4.69) is 51.9 Å². The van der Waals surface area contributed by atoms with Gasteiger partial charge in [0.25, 0.3) is 0 Å². The number of ether oxygens (including phenoxy) is 2. The summed E-state index contributed by atoms with van der Waals surface area (Å²) in [6.45, 7) is -2.22. The normalized spacial score (nSPS) is 29.3. The van der Waals surface area contributed by atoms with Gasteiger partial charge in [-0.15, -0.1) is 0 Å². The number of aromatic nitrogens is 8. The van der Waals surface area contributed by atoms with Crippen LogP contribution < -0.4 is 68.0 Å². The second-order valence-electron chi connectivity index (χ2n) is 11.0. The largest absolute Gasteiger partial charge is 1.00 e. The summed E-state index contributed by atoms with van der Waals surface area (Å²) in [4.78, 5) is 63.0. The predicted molar refractivity (Wildman–Crippen MR) is 166 cm³/mol. The number of aliphatic hydroxyl groups is 4. The average molecular weight is 857 g/mol. The minimum absolute atomic E-state index is 0. The molecule has 6 rings (SSSR count). The zero-order valence-corrected chi connectivity index (χ0v) is 32.5. The molecule has 0 radical (unpaired) electrons. The summed E-state index contributed by atoms with van der Waals surface area (Å²) >= 11 is 0. The smallest absolute Gasteiger partial charge is 0.387 e. The Bertz CT molecular complexity index is 2060. The van der Waals surface area contributed by atoms with Gasteiger partial charge in [-0.05, 0) is 0 Å². The van der Waals surface area contributed by atoms with Crippen LogP contribution in [0, 0.1) is 0 Å². The van der Waals surface area contributed by atoms with Crippen LogP contribution in [-0.2, 0) is 49.7 Å². The molecule has 2 aliphatic heterocycles. The molecule has 0 saturated carbocycles. The molecule has 0 aromatic carbocycles. The molecule has 0 amide bonds. The van der Waals surface area contributed by atoms with E-state index >= 15 is 0 Å². The fourth-order valence-corrected chi connectivity index (χ4v) is 10.1. The van der Waals surface area contributed by atoms with Crippen molar-refractivity contribution in [3.63, 3.8) is 0 Å². The first kappa shape index (κ1) is 49.2. The van der Waals surface area contributed by atoms with Crippen LogP contribution in [0.3, 0.4) is 0 Å². The third-order valence-corrected chi connectivity index (χ3v) is 13.3. The van der Waals surface area contributed by atoms with Crippen LogP contribution in [0.1, 0.15) is 12.5 Å². The molecule has 4 aromatic heterocycles. The van der Waals surface area contributed by atoms with Crippen LogP contribution in [-0.4, -0.2) is 129 Å². The zero-order chi connectivity index (χ0) is 38.7. The first-order valence-electron chi connectivity index (χ1n) is 14.3. The summed E-state index contributed by atoms with van der Waals surface area (Å²) in [5, 5.41) is 41.8. The van der Waals surface area contributed by atoms with Crippen molar-refractivity contribution < 1.29 is 146 Å². The maximum Gasteiger partial charge on any atom is 1.00 e. The van der Waals surface area contributed by atoms with Gasteiger partial charge in [-0.3, -0.25) is 18.2 Å². The Morgan fingerprint density at radius 2 is 0.911 bits per heavy atom. The van der Waals surface area contributed by atoms with Gasteiger partial charge < -0.3 is 60.9 Å². The van der Waals surface area contributed by atoms with Crippen LogP contribution in [0.15, 0.2) is 25.3 Å². The molecular weight excluding hydrogens is 829 g/mol. The fourth-order valence-electron chi connectivity index (χ4n) is 5.11.